The number of fused-ring (bicyclic) bond motifs is 3. The minimum atomic E-state index is 1.05. The highest BCUT2D eigenvalue weighted by Crippen LogP contribution is 2.29. The van der Waals surface area contributed by atoms with Crippen LogP contribution in [-0.4, -0.2) is 9.97 Å². The van der Waals surface area contributed by atoms with E-state index in [1.54, 1.807) is 6.20 Å². The second-order valence-electron chi connectivity index (χ2n) is 3.08. The number of benzene rings is 1. The van der Waals surface area contributed by atoms with Crippen LogP contribution in [0.3, 0.4) is 0 Å². The average Bonchev–Trinajstić information content (AvgIpc) is 2.56. The summed E-state index contributed by atoms with van der Waals surface area (Å²) in [5.74, 6) is 0. The molecule has 3 rings (SSSR count). The molecule has 1 aliphatic carbocycles. The van der Waals surface area contributed by atoms with Crippen LogP contribution in [-0.2, 0) is 0 Å². The van der Waals surface area contributed by atoms with Crippen molar-refractivity contribution >= 4 is 10.8 Å². The van der Waals surface area contributed by atoms with Gasteiger partial charge in [0, 0.05) is 17.8 Å². The van der Waals surface area contributed by atoms with E-state index in [4.69, 9.17) is 0 Å². The van der Waals surface area contributed by atoms with Crippen LogP contribution in [0, 0.1) is 0 Å². The summed E-state index contributed by atoms with van der Waals surface area (Å²) in [6.07, 6.45) is 3.63. The Morgan fingerprint density at radius 2 is 2.08 bits per heavy atom. The van der Waals surface area contributed by atoms with Crippen LogP contribution in [0.15, 0.2) is 42.7 Å². The third-order valence-corrected chi connectivity index (χ3v) is 2.29. The summed E-state index contributed by atoms with van der Waals surface area (Å²) < 4.78 is 0. The maximum absolute atomic E-state index is 4.34. The first kappa shape index (κ1) is 6.66. The number of hydrogen-bond donors (Lipinski definition) is 1. The van der Waals surface area contributed by atoms with Gasteiger partial charge in [-0.05, 0) is 11.5 Å². The molecule has 0 aromatic heterocycles. The van der Waals surface area contributed by atoms with Gasteiger partial charge in [-0.1, -0.05) is 24.3 Å². The lowest BCUT2D eigenvalue weighted by atomic mass is 10.2. The maximum atomic E-state index is 4.34. The summed E-state index contributed by atoms with van der Waals surface area (Å²) >= 11 is 0. The molecule has 1 aromatic rings. The highest BCUT2D eigenvalue weighted by atomic mass is 14.8. The Hall–Kier alpha value is -1.83. The molecule has 0 spiro atoms. The first-order chi connectivity index (χ1) is 6.45. The van der Waals surface area contributed by atoms with Gasteiger partial charge in [-0.25, -0.2) is 0 Å². The lowest BCUT2D eigenvalue weighted by Crippen LogP contribution is -1.82. The minimum absolute atomic E-state index is 1.05. The molecule has 2 heteroatoms. The van der Waals surface area contributed by atoms with Crippen molar-refractivity contribution in [1.29, 1.82) is 0 Å². The molecular formula is C11H8N2. The second kappa shape index (κ2) is 2.33. The topological polar surface area (TPSA) is 28.7 Å². The molecule has 2 aliphatic rings. The van der Waals surface area contributed by atoms with Crippen molar-refractivity contribution in [3.8, 4) is 11.4 Å². The molecular weight excluding hydrogens is 160 g/mol. The molecule has 1 aromatic carbocycles. The van der Waals surface area contributed by atoms with Gasteiger partial charge in [0.1, 0.15) is 0 Å². The normalized spacial score (nSPS) is 11.1. The Kier molecular flexibility index (Phi) is 1.19. The van der Waals surface area contributed by atoms with Gasteiger partial charge < -0.3 is 4.98 Å². The third-order valence-electron chi connectivity index (χ3n) is 2.29. The maximum Gasteiger partial charge on any atom is 0.0943 e. The zero-order valence-corrected chi connectivity index (χ0v) is 6.99. The van der Waals surface area contributed by atoms with Crippen molar-refractivity contribution in [2.45, 2.75) is 0 Å². The van der Waals surface area contributed by atoms with Gasteiger partial charge in [0.25, 0.3) is 0 Å². The van der Waals surface area contributed by atoms with Crippen LogP contribution < -0.4 is 0 Å². The molecule has 13 heavy (non-hydrogen) atoms. The predicted molar refractivity (Wildman–Crippen MR) is 52.7 cm³/mol. The molecule has 1 N–H and O–H groups in total. The number of nitrogens with one attached hydrogen (secondary N) is 1. The highest BCUT2D eigenvalue weighted by Gasteiger charge is 2.08. The van der Waals surface area contributed by atoms with Crippen molar-refractivity contribution < 1.29 is 0 Å². The van der Waals surface area contributed by atoms with Crippen molar-refractivity contribution in [3.63, 3.8) is 0 Å². The first-order valence-corrected chi connectivity index (χ1v) is 4.26. The van der Waals surface area contributed by atoms with Crippen LogP contribution in [0.5, 0.6) is 0 Å². The van der Waals surface area contributed by atoms with Crippen molar-refractivity contribution in [2.24, 2.45) is 0 Å². The van der Waals surface area contributed by atoms with Crippen LogP contribution in [0.1, 0.15) is 0 Å². The molecule has 0 saturated carbocycles. The second-order valence-corrected chi connectivity index (χ2v) is 3.08. The molecule has 2 nitrogen and oxygen atoms in total. The van der Waals surface area contributed by atoms with Crippen LogP contribution >= 0.6 is 0 Å². The minimum Gasteiger partial charge on any atom is -0.358 e. The molecule has 0 unspecified atom stereocenters. The summed E-state index contributed by atoms with van der Waals surface area (Å²) in [6.45, 7) is 0. The van der Waals surface area contributed by atoms with Gasteiger partial charge in [-0.15, -0.1) is 0 Å². The summed E-state index contributed by atoms with van der Waals surface area (Å²) in [5, 5.41) is 2.46. The van der Waals surface area contributed by atoms with E-state index in [0.717, 1.165) is 11.4 Å². The molecule has 62 valence electrons. The van der Waals surface area contributed by atoms with Crippen LogP contribution in [0.25, 0.3) is 22.2 Å². The van der Waals surface area contributed by atoms with E-state index in [9.17, 15) is 0 Å². The van der Waals surface area contributed by atoms with Gasteiger partial charge >= 0.3 is 0 Å². The lowest BCUT2D eigenvalue weighted by molar-refractivity contribution is 1.22. The van der Waals surface area contributed by atoms with Crippen molar-refractivity contribution in [1.82, 2.24) is 9.97 Å². The molecule has 0 bridgehead atoms. The van der Waals surface area contributed by atoms with E-state index in [1.807, 2.05) is 18.3 Å². The lowest BCUT2D eigenvalue weighted by Gasteiger charge is -1.95. The van der Waals surface area contributed by atoms with Crippen LogP contribution in [0.2, 0.25) is 0 Å². The molecule has 1 aliphatic heterocycles. The zero-order chi connectivity index (χ0) is 8.67. The molecule has 0 fully saturated rings. The average molecular weight is 168 g/mol. The van der Waals surface area contributed by atoms with Gasteiger partial charge in [0.15, 0.2) is 0 Å². The summed E-state index contributed by atoms with van der Waals surface area (Å²) in [4.78, 5) is 7.52. The number of nitrogens with zero attached hydrogens (tertiary/aromatic N) is 1. The Morgan fingerprint density at radius 3 is 3.08 bits per heavy atom. The standard InChI is InChI=1S/C11H8N2/c1-2-4-9-8(3-1)7-10-11(9)13-6-5-12-10/h1-7,12H. The Morgan fingerprint density at radius 1 is 1.15 bits per heavy atom. The summed E-state index contributed by atoms with van der Waals surface area (Å²) in [5.41, 5.74) is 2.15. The molecule has 0 saturated heterocycles. The smallest absolute Gasteiger partial charge is 0.0943 e. The van der Waals surface area contributed by atoms with Gasteiger partial charge in [0.2, 0.25) is 0 Å². The monoisotopic (exact) mass is 168 g/mol. The van der Waals surface area contributed by atoms with E-state index in [2.05, 4.69) is 28.2 Å². The van der Waals surface area contributed by atoms with E-state index < -0.39 is 0 Å². The zero-order valence-electron chi connectivity index (χ0n) is 6.99. The van der Waals surface area contributed by atoms with E-state index in [1.165, 1.54) is 10.8 Å². The van der Waals surface area contributed by atoms with Crippen molar-refractivity contribution in [3.05, 3.63) is 42.7 Å². The summed E-state index contributed by atoms with van der Waals surface area (Å²) in [7, 11) is 0. The largest absolute Gasteiger partial charge is 0.358 e. The fourth-order valence-corrected chi connectivity index (χ4v) is 1.70. The number of aromatic nitrogens is 2. The molecule has 0 radical (unpaired) electrons. The van der Waals surface area contributed by atoms with Gasteiger partial charge in [-0.3, -0.25) is 4.98 Å². The van der Waals surface area contributed by atoms with E-state index >= 15 is 0 Å². The molecule has 0 atom stereocenters. The fraction of sp³-hybridized carbons (Fsp3) is 0. The summed E-state index contributed by atoms with van der Waals surface area (Å²) in [6, 6.07) is 10.4. The molecule has 0 amide bonds. The SMILES string of the molecule is c1ccc2c3ncc[nH]c-3cc2c1. The third kappa shape index (κ3) is 0.855. The number of hydrogen-bond acceptors (Lipinski definition) is 1. The molecule has 1 heterocycles. The number of H-pyrrole nitrogens is 1. The van der Waals surface area contributed by atoms with Crippen molar-refractivity contribution in [2.75, 3.05) is 0 Å². The number of aromatic amines is 1. The number of rotatable bonds is 0. The Bertz CT molecular complexity index is 525. The highest BCUT2D eigenvalue weighted by molar-refractivity contribution is 5.99. The Labute approximate surface area is 75.6 Å². The van der Waals surface area contributed by atoms with Gasteiger partial charge in [-0.2, -0.15) is 0 Å². The fourth-order valence-electron chi connectivity index (χ4n) is 1.70. The van der Waals surface area contributed by atoms with Crippen LogP contribution in [0.4, 0.5) is 0 Å². The Balaban J connectivity index is 2.56. The quantitative estimate of drug-likeness (QED) is 0.549. The van der Waals surface area contributed by atoms with E-state index in [0.29, 0.717) is 0 Å². The van der Waals surface area contributed by atoms with Gasteiger partial charge in [0.05, 0.1) is 11.4 Å². The van der Waals surface area contributed by atoms with E-state index in [-0.39, 0.29) is 0 Å². The first-order valence-electron chi connectivity index (χ1n) is 4.26. The predicted octanol–water partition coefficient (Wildman–Crippen LogP) is 2.67.